The van der Waals surface area contributed by atoms with Crippen LogP contribution in [0.4, 0.5) is 0 Å². The molecular formula is C23H34NSi+. The van der Waals surface area contributed by atoms with Crippen molar-refractivity contribution in [1.29, 1.82) is 0 Å². The second-order valence-corrected chi connectivity index (χ2v) is 14.2. The van der Waals surface area contributed by atoms with Gasteiger partial charge in [-0.2, -0.15) is 0 Å². The van der Waals surface area contributed by atoms with Gasteiger partial charge in [-0.15, -0.1) is 0 Å². The van der Waals surface area contributed by atoms with Crippen LogP contribution in [0.1, 0.15) is 42.4 Å². The Morgan fingerprint density at radius 2 is 1.72 bits per heavy atom. The highest BCUT2D eigenvalue weighted by atomic mass is 28.3. The van der Waals surface area contributed by atoms with Gasteiger partial charge in [-0.3, -0.25) is 0 Å². The van der Waals surface area contributed by atoms with Crippen molar-refractivity contribution in [3.05, 3.63) is 47.2 Å². The van der Waals surface area contributed by atoms with E-state index in [2.05, 4.69) is 75.6 Å². The van der Waals surface area contributed by atoms with E-state index in [0.29, 0.717) is 0 Å². The molecule has 1 saturated carbocycles. The molecule has 1 heterocycles. The number of aromatic nitrogens is 1. The van der Waals surface area contributed by atoms with Gasteiger partial charge in [0.25, 0.3) is 0 Å². The van der Waals surface area contributed by atoms with Crippen molar-refractivity contribution in [2.45, 2.75) is 65.6 Å². The van der Waals surface area contributed by atoms with Crippen molar-refractivity contribution in [3.63, 3.8) is 0 Å². The molecule has 25 heavy (non-hydrogen) atoms. The topological polar surface area (TPSA) is 3.88 Å². The maximum absolute atomic E-state index is 2.52. The van der Waals surface area contributed by atoms with Crippen LogP contribution in [0.5, 0.6) is 0 Å². The minimum atomic E-state index is -1.35. The Morgan fingerprint density at radius 1 is 1.04 bits per heavy atom. The summed E-state index contributed by atoms with van der Waals surface area (Å²) in [6.07, 6.45) is 9.43. The number of pyridine rings is 1. The summed E-state index contributed by atoms with van der Waals surface area (Å²) in [5, 5.41) is 1.65. The second kappa shape index (κ2) is 7.07. The molecule has 0 radical (unpaired) electrons. The molecular weight excluding hydrogens is 318 g/mol. The van der Waals surface area contributed by atoms with Gasteiger partial charge in [0.2, 0.25) is 5.69 Å². The van der Waals surface area contributed by atoms with Crippen molar-refractivity contribution in [1.82, 2.24) is 0 Å². The first kappa shape index (κ1) is 18.4. The van der Waals surface area contributed by atoms with Crippen LogP contribution in [0, 0.1) is 19.8 Å². The van der Waals surface area contributed by atoms with Crippen molar-refractivity contribution in [2.24, 2.45) is 13.0 Å². The van der Waals surface area contributed by atoms with Gasteiger partial charge in [0.1, 0.15) is 7.05 Å². The summed E-state index contributed by atoms with van der Waals surface area (Å²) in [6, 6.07) is 9.36. The molecule has 0 spiro atoms. The summed E-state index contributed by atoms with van der Waals surface area (Å²) >= 11 is 0. The lowest BCUT2D eigenvalue weighted by Gasteiger charge is -2.22. The molecule has 2 heteroatoms. The van der Waals surface area contributed by atoms with Crippen LogP contribution in [-0.4, -0.2) is 8.07 Å². The second-order valence-electron chi connectivity index (χ2n) is 9.13. The van der Waals surface area contributed by atoms with Crippen LogP contribution in [-0.2, 0) is 13.5 Å². The van der Waals surface area contributed by atoms with Gasteiger partial charge >= 0.3 is 0 Å². The molecule has 0 N–H and O–H groups in total. The normalized spacial score (nSPS) is 15.8. The zero-order valence-corrected chi connectivity index (χ0v) is 17.9. The van der Waals surface area contributed by atoms with E-state index in [4.69, 9.17) is 0 Å². The molecule has 1 fully saturated rings. The SMILES string of the molecule is Cc1ccc(-c2cc(CC3CCCC3)c([Si](C)(C)C)c[n+]2C)c(C)c1. The predicted octanol–water partition coefficient (Wildman–Crippen LogP) is 5.07. The molecule has 1 aliphatic carbocycles. The number of rotatable bonds is 4. The Bertz CT molecular complexity index is 764. The van der Waals surface area contributed by atoms with Crippen molar-refractivity contribution >= 4 is 13.3 Å². The first-order valence-electron chi connectivity index (χ1n) is 9.86. The molecule has 134 valence electrons. The monoisotopic (exact) mass is 352 g/mol. The summed E-state index contributed by atoms with van der Waals surface area (Å²) in [5.74, 6) is 0.898. The Morgan fingerprint density at radius 3 is 2.32 bits per heavy atom. The minimum Gasteiger partial charge on any atom is -0.201 e. The van der Waals surface area contributed by atoms with Crippen LogP contribution in [0.15, 0.2) is 30.5 Å². The third kappa shape index (κ3) is 4.06. The quantitative estimate of drug-likeness (QED) is 0.534. The highest BCUT2D eigenvalue weighted by molar-refractivity contribution is 6.88. The number of benzene rings is 1. The van der Waals surface area contributed by atoms with E-state index in [1.54, 1.807) is 10.8 Å². The highest BCUT2D eigenvalue weighted by Crippen LogP contribution is 2.29. The number of aryl methyl sites for hydroxylation is 3. The molecule has 1 nitrogen and oxygen atoms in total. The van der Waals surface area contributed by atoms with Gasteiger partial charge in [0, 0.05) is 16.8 Å². The Balaban J connectivity index is 2.10. The summed E-state index contributed by atoms with van der Waals surface area (Å²) in [4.78, 5) is 0. The zero-order valence-electron chi connectivity index (χ0n) is 16.9. The Hall–Kier alpha value is -1.41. The van der Waals surface area contributed by atoms with Crippen LogP contribution < -0.4 is 9.75 Å². The zero-order chi connectivity index (χ0) is 18.2. The Labute approximate surface area is 155 Å². The summed E-state index contributed by atoms with van der Waals surface area (Å²) in [6.45, 7) is 11.9. The van der Waals surface area contributed by atoms with E-state index in [9.17, 15) is 0 Å². The largest absolute Gasteiger partial charge is 0.212 e. The maximum atomic E-state index is 2.52. The van der Waals surface area contributed by atoms with E-state index in [1.807, 2.05) is 0 Å². The fourth-order valence-electron chi connectivity index (χ4n) is 4.43. The fraction of sp³-hybridized carbons (Fsp3) is 0.522. The van der Waals surface area contributed by atoms with Gasteiger partial charge in [-0.1, -0.05) is 63.0 Å². The number of hydrogen-bond acceptors (Lipinski definition) is 0. The molecule has 3 rings (SSSR count). The molecule has 0 bridgehead atoms. The molecule has 2 aromatic rings. The standard InChI is InChI=1S/C23H34NSi/c1-17-11-12-21(18(2)13-17)22-15-20(14-19-9-7-8-10-19)23(16-24(22)3)25(4,5)6/h11-13,15-16,19H,7-10,14H2,1-6H3/q+1. The van der Waals surface area contributed by atoms with Gasteiger partial charge in [0.15, 0.2) is 6.20 Å². The van der Waals surface area contributed by atoms with Crippen LogP contribution in [0.25, 0.3) is 11.3 Å². The first-order chi connectivity index (χ1) is 11.8. The molecule has 0 aliphatic heterocycles. The maximum Gasteiger partial charge on any atom is 0.212 e. The van der Waals surface area contributed by atoms with E-state index in [0.717, 1.165) is 5.92 Å². The molecule has 0 amide bonds. The highest BCUT2D eigenvalue weighted by Gasteiger charge is 2.28. The molecule has 1 aliphatic rings. The molecule has 0 atom stereocenters. The van der Waals surface area contributed by atoms with Crippen molar-refractivity contribution < 1.29 is 4.57 Å². The van der Waals surface area contributed by atoms with E-state index in [1.165, 1.54) is 54.5 Å². The third-order valence-corrected chi connectivity index (χ3v) is 7.88. The van der Waals surface area contributed by atoms with Crippen LogP contribution >= 0.6 is 0 Å². The molecule has 1 aromatic carbocycles. The van der Waals surface area contributed by atoms with E-state index < -0.39 is 8.07 Å². The van der Waals surface area contributed by atoms with Gasteiger partial charge in [-0.25, -0.2) is 4.57 Å². The van der Waals surface area contributed by atoms with Crippen molar-refractivity contribution in [2.75, 3.05) is 0 Å². The van der Waals surface area contributed by atoms with Gasteiger partial charge in [0.05, 0.1) is 8.07 Å². The Kier molecular flexibility index (Phi) is 5.20. The van der Waals surface area contributed by atoms with Crippen LogP contribution in [0.3, 0.4) is 0 Å². The summed E-state index contributed by atoms with van der Waals surface area (Å²) in [5.41, 5.74) is 7.09. The summed E-state index contributed by atoms with van der Waals surface area (Å²) in [7, 11) is 0.871. The smallest absolute Gasteiger partial charge is 0.201 e. The molecule has 0 saturated heterocycles. The minimum absolute atomic E-state index is 0.898. The van der Waals surface area contributed by atoms with Crippen LogP contribution in [0.2, 0.25) is 19.6 Å². The fourth-order valence-corrected chi connectivity index (χ4v) is 6.15. The van der Waals surface area contributed by atoms with Gasteiger partial charge < -0.3 is 0 Å². The lowest BCUT2D eigenvalue weighted by atomic mass is 9.96. The van der Waals surface area contributed by atoms with Gasteiger partial charge in [-0.05, 0) is 43.4 Å². The predicted molar refractivity (Wildman–Crippen MR) is 111 cm³/mol. The van der Waals surface area contributed by atoms with E-state index >= 15 is 0 Å². The molecule has 1 aromatic heterocycles. The molecule has 0 unspecified atom stereocenters. The lowest BCUT2D eigenvalue weighted by molar-refractivity contribution is -0.659. The average molecular weight is 353 g/mol. The first-order valence-corrected chi connectivity index (χ1v) is 13.4. The third-order valence-electron chi connectivity index (χ3n) is 5.81. The lowest BCUT2D eigenvalue weighted by Crippen LogP contribution is -2.47. The van der Waals surface area contributed by atoms with Crippen molar-refractivity contribution in [3.8, 4) is 11.3 Å². The number of hydrogen-bond donors (Lipinski definition) is 0. The van der Waals surface area contributed by atoms with E-state index in [-0.39, 0.29) is 0 Å². The number of nitrogens with zero attached hydrogens (tertiary/aromatic N) is 1. The summed E-state index contributed by atoms with van der Waals surface area (Å²) < 4.78 is 2.36. The average Bonchev–Trinajstić information content (AvgIpc) is 3.01.